The first kappa shape index (κ1) is 20.4. The highest BCUT2D eigenvalue weighted by Crippen LogP contribution is 2.32. The Bertz CT molecular complexity index is 973. The Morgan fingerprint density at radius 1 is 0.966 bits per heavy atom. The molecule has 0 saturated carbocycles. The lowest BCUT2D eigenvalue weighted by Gasteiger charge is -2.16. The van der Waals surface area contributed by atoms with Crippen LogP contribution in [0.2, 0.25) is 0 Å². The maximum Gasteiger partial charge on any atom is 0.335 e. The van der Waals surface area contributed by atoms with Crippen molar-refractivity contribution in [3.8, 4) is 11.5 Å². The fourth-order valence-corrected chi connectivity index (χ4v) is 2.90. The highest BCUT2D eigenvalue weighted by atomic mass is 19.1. The van der Waals surface area contributed by atoms with Crippen LogP contribution in [0.1, 0.15) is 27.0 Å². The number of rotatable bonds is 9. The molecule has 150 valence electrons. The van der Waals surface area contributed by atoms with E-state index in [0.29, 0.717) is 30.2 Å². The van der Waals surface area contributed by atoms with Crippen molar-refractivity contribution in [2.45, 2.75) is 19.7 Å². The van der Waals surface area contributed by atoms with Crippen molar-refractivity contribution in [2.75, 3.05) is 7.11 Å². The fraction of sp³-hybridized carbons (Fsp3) is 0.174. The van der Waals surface area contributed by atoms with E-state index in [2.05, 4.69) is 5.32 Å². The molecule has 0 aliphatic carbocycles. The zero-order valence-electron chi connectivity index (χ0n) is 16.0. The van der Waals surface area contributed by atoms with Gasteiger partial charge in [-0.25, -0.2) is 9.18 Å². The van der Waals surface area contributed by atoms with Crippen LogP contribution < -0.4 is 14.8 Å². The summed E-state index contributed by atoms with van der Waals surface area (Å²) in [6.07, 6.45) is 0. The van der Waals surface area contributed by atoms with E-state index in [1.54, 1.807) is 55.6 Å². The molecule has 0 saturated heterocycles. The molecule has 2 N–H and O–H groups in total. The Kier molecular flexibility index (Phi) is 6.81. The summed E-state index contributed by atoms with van der Waals surface area (Å²) < 4.78 is 25.2. The first-order valence-corrected chi connectivity index (χ1v) is 9.13. The minimum absolute atomic E-state index is 0.0939. The average molecular weight is 395 g/mol. The second-order valence-electron chi connectivity index (χ2n) is 6.43. The van der Waals surface area contributed by atoms with Gasteiger partial charge in [-0.05, 0) is 29.8 Å². The molecule has 3 aromatic carbocycles. The first-order chi connectivity index (χ1) is 14.1. The van der Waals surface area contributed by atoms with E-state index in [9.17, 15) is 9.18 Å². The number of aromatic carboxylic acids is 1. The molecule has 3 rings (SSSR count). The molecule has 5 nitrogen and oxygen atoms in total. The van der Waals surface area contributed by atoms with Crippen LogP contribution in [0.25, 0.3) is 0 Å². The standard InChI is InChI=1S/C23H22FNO4/c1-28-21-8-4-6-18(22(21)29-15-19-5-2-3-7-20(19)24)14-25-13-16-9-11-17(12-10-16)23(26)27/h2-12,25H,13-15H2,1H3,(H,26,27). The highest BCUT2D eigenvalue weighted by molar-refractivity contribution is 5.87. The van der Waals surface area contributed by atoms with E-state index in [1.807, 2.05) is 12.1 Å². The number of ether oxygens (including phenoxy) is 2. The average Bonchev–Trinajstić information content (AvgIpc) is 2.74. The molecule has 0 aromatic heterocycles. The summed E-state index contributed by atoms with van der Waals surface area (Å²) in [5, 5.41) is 12.3. The number of hydrogen-bond donors (Lipinski definition) is 2. The van der Waals surface area contributed by atoms with E-state index in [-0.39, 0.29) is 18.0 Å². The number of methoxy groups -OCH3 is 1. The Morgan fingerprint density at radius 3 is 2.38 bits per heavy atom. The smallest absolute Gasteiger partial charge is 0.335 e. The second-order valence-corrected chi connectivity index (χ2v) is 6.43. The molecule has 0 fully saturated rings. The van der Waals surface area contributed by atoms with Gasteiger partial charge in [0.2, 0.25) is 0 Å². The molecule has 6 heteroatoms. The van der Waals surface area contributed by atoms with Crippen LogP contribution in [0.15, 0.2) is 66.7 Å². The van der Waals surface area contributed by atoms with E-state index in [0.717, 1.165) is 11.1 Å². The number of para-hydroxylation sites is 1. The second kappa shape index (κ2) is 9.71. The monoisotopic (exact) mass is 395 g/mol. The maximum atomic E-state index is 13.9. The number of halogens is 1. The number of nitrogens with one attached hydrogen (secondary N) is 1. The molecule has 0 bridgehead atoms. The Morgan fingerprint density at radius 2 is 1.69 bits per heavy atom. The number of carboxylic acid groups (broad SMARTS) is 1. The number of benzene rings is 3. The van der Waals surface area contributed by atoms with Crippen LogP contribution in [0.4, 0.5) is 4.39 Å². The Balaban J connectivity index is 1.67. The molecule has 0 amide bonds. The number of carbonyl (C=O) groups is 1. The van der Waals surface area contributed by atoms with Gasteiger partial charge in [-0.3, -0.25) is 0 Å². The summed E-state index contributed by atoms with van der Waals surface area (Å²) in [5.41, 5.74) is 2.57. The van der Waals surface area contributed by atoms with E-state index >= 15 is 0 Å². The minimum atomic E-state index is -0.947. The van der Waals surface area contributed by atoms with Gasteiger partial charge in [0.25, 0.3) is 0 Å². The van der Waals surface area contributed by atoms with Gasteiger partial charge in [0.05, 0.1) is 12.7 Å². The van der Waals surface area contributed by atoms with Crippen molar-refractivity contribution in [1.82, 2.24) is 5.32 Å². The third-order valence-electron chi connectivity index (χ3n) is 4.46. The summed E-state index contributed by atoms with van der Waals surface area (Å²) in [6.45, 7) is 1.16. The van der Waals surface area contributed by atoms with Gasteiger partial charge in [-0.2, -0.15) is 0 Å². The van der Waals surface area contributed by atoms with Gasteiger partial charge in [0.15, 0.2) is 11.5 Å². The summed E-state index contributed by atoms with van der Waals surface area (Å²) in [7, 11) is 1.56. The minimum Gasteiger partial charge on any atom is -0.493 e. The predicted molar refractivity (Wildman–Crippen MR) is 108 cm³/mol. The highest BCUT2D eigenvalue weighted by Gasteiger charge is 2.12. The lowest BCUT2D eigenvalue weighted by atomic mass is 10.1. The van der Waals surface area contributed by atoms with Crippen LogP contribution in [0.3, 0.4) is 0 Å². The lowest BCUT2D eigenvalue weighted by molar-refractivity contribution is 0.0697. The molecule has 0 aliphatic heterocycles. The SMILES string of the molecule is COc1cccc(CNCc2ccc(C(=O)O)cc2)c1OCc1ccccc1F. The largest absolute Gasteiger partial charge is 0.493 e. The summed E-state index contributed by atoms with van der Waals surface area (Å²) >= 11 is 0. The molecular formula is C23H22FNO4. The van der Waals surface area contributed by atoms with Crippen molar-refractivity contribution in [3.05, 3.63) is 94.8 Å². The van der Waals surface area contributed by atoms with E-state index in [1.165, 1.54) is 6.07 Å². The van der Waals surface area contributed by atoms with E-state index in [4.69, 9.17) is 14.6 Å². The molecule has 0 radical (unpaired) electrons. The third-order valence-corrected chi connectivity index (χ3v) is 4.46. The Hall–Kier alpha value is -3.38. The maximum absolute atomic E-state index is 13.9. The van der Waals surface area contributed by atoms with Crippen molar-refractivity contribution >= 4 is 5.97 Å². The van der Waals surface area contributed by atoms with Crippen molar-refractivity contribution in [2.24, 2.45) is 0 Å². The third kappa shape index (κ3) is 5.33. The molecule has 29 heavy (non-hydrogen) atoms. The quantitative estimate of drug-likeness (QED) is 0.562. The fourth-order valence-electron chi connectivity index (χ4n) is 2.90. The van der Waals surface area contributed by atoms with Gasteiger partial charge in [-0.15, -0.1) is 0 Å². The van der Waals surface area contributed by atoms with Crippen molar-refractivity contribution in [3.63, 3.8) is 0 Å². The number of hydrogen-bond acceptors (Lipinski definition) is 4. The molecular weight excluding hydrogens is 373 g/mol. The molecule has 0 unspecified atom stereocenters. The zero-order valence-corrected chi connectivity index (χ0v) is 16.0. The summed E-state index contributed by atoms with van der Waals surface area (Å²) in [4.78, 5) is 10.9. The molecule has 3 aromatic rings. The predicted octanol–water partition coefficient (Wildman–Crippen LogP) is 4.40. The van der Waals surface area contributed by atoms with Crippen LogP contribution in [0.5, 0.6) is 11.5 Å². The van der Waals surface area contributed by atoms with Gasteiger partial charge in [-0.1, -0.05) is 42.5 Å². The van der Waals surface area contributed by atoms with Crippen LogP contribution >= 0.6 is 0 Å². The van der Waals surface area contributed by atoms with Crippen LogP contribution in [-0.4, -0.2) is 18.2 Å². The summed E-state index contributed by atoms with van der Waals surface area (Å²) in [5.74, 6) is -0.122. The first-order valence-electron chi connectivity index (χ1n) is 9.13. The Labute approximate surface area is 168 Å². The molecule has 0 heterocycles. The normalized spacial score (nSPS) is 10.6. The summed E-state index contributed by atoms with van der Waals surface area (Å²) in [6, 6.07) is 18.8. The van der Waals surface area contributed by atoms with Crippen LogP contribution in [-0.2, 0) is 19.7 Å². The molecule has 0 spiro atoms. The van der Waals surface area contributed by atoms with Gasteiger partial charge in [0, 0.05) is 24.2 Å². The van der Waals surface area contributed by atoms with Gasteiger partial charge in [0.1, 0.15) is 12.4 Å². The van der Waals surface area contributed by atoms with E-state index < -0.39 is 5.97 Å². The van der Waals surface area contributed by atoms with Crippen molar-refractivity contribution < 1.29 is 23.8 Å². The molecule has 0 atom stereocenters. The zero-order chi connectivity index (χ0) is 20.6. The van der Waals surface area contributed by atoms with Crippen LogP contribution in [0, 0.1) is 5.82 Å². The van der Waals surface area contributed by atoms with Crippen molar-refractivity contribution in [1.29, 1.82) is 0 Å². The van der Waals surface area contributed by atoms with Gasteiger partial charge < -0.3 is 19.9 Å². The molecule has 0 aliphatic rings. The lowest BCUT2D eigenvalue weighted by Crippen LogP contribution is -2.14. The number of carboxylic acids is 1. The topological polar surface area (TPSA) is 67.8 Å². The van der Waals surface area contributed by atoms with Gasteiger partial charge >= 0.3 is 5.97 Å².